The van der Waals surface area contributed by atoms with Crippen LogP contribution in [0.1, 0.15) is 38.7 Å². The van der Waals surface area contributed by atoms with Gasteiger partial charge in [0.05, 0.1) is 6.54 Å². The summed E-state index contributed by atoms with van der Waals surface area (Å²) in [5, 5.41) is 13.3. The van der Waals surface area contributed by atoms with Gasteiger partial charge in [0.2, 0.25) is 5.91 Å². The highest BCUT2D eigenvalue weighted by Crippen LogP contribution is 2.28. The summed E-state index contributed by atoms with van der Waals surface area (Å²) in [6, 6.07) is 9.29. The van der Waals surface area contributed by atoms with Crippen LogP contribution >= 0.6 is 0 Å². The lowest BCUT2D eigenvalue weighted by atomic mass is 9.79. The molecule has 4 nitrogen and oxygen atoms in total. The standard InChI is InChI=1S/C17H23NO3/c1-12-10-14(19)8-9-15(12)16(20)18-11-17(2,21)13-6-4-3-5-7-13/h3-7,12,15,21H,8-11H2,1-2H3,(H,18,20). The minimum absolute atomic E-state index is 0.0637. The first-order chi connectivity index (χ1) is 9.90. The Morgan fingerprint density at radius 2 is 2.05 bits per heavy atom. The van der Waals surface area contributed by atoms with Gasteiger partial charge in [0, 0.05) is 18.8 Å². The zero-order valence-corrected chi connectivity index (χ0v) is 12.6. The number of hydrogen-bond donors (Lipinski definition) is 2. The molecule has 1 saturated carbocycles. The average Bonchev–Trinajstić information content (AvgIpc) is 2.46. The highest BCUT2D eigenvalue weighted by Gasteiger charge is 2.32. The quantitative estimate of drug-likeness (QED) is 0.891. The van der Waals surface area contributed by atoms with Crippen LogP contribution in [0.4, 0.5) is 0 Å². The third kappa shape index (κ3) is 3.91. The van der Waals surface area contributed by atoms with Crippen LogP contribution in [0, 0.1) is 11.8 Å². The zero-order chi connectivity index (χ0) is 15.5. The van der Waals surface area contributed by atoms with Crippen LogP contribution in [0.5, 0.6) is 0 Å². The minimum Gasteiger partial charge on any atom is -0.384 e. The number of aliphatic hydroxyl groups is 1. The summed E-state index contributed by atoms with van der Waals surface area (Å²) in [6.45, 7) is 3.81. The molecular formula is C17H23NO3. The van der Waals surface area contributed by atoms with Crippen LogP contribution in [0.25, 0.3) is 0 Å². The van der Waals surface area contributed by atoms with Gasteiger partial charge in [-0.3, -0.25) is 9.59 Å². The molecule has 0 bridgehead atoms. The summed E-state index contributed by atoms with van der Waals surface area (Å²) >= 11 is 0. The summed E-state index contributed by atoms with van der Waals surface area (Å²) in [5.41, 5.74) is -0.317. The molecule has 0 aliphatic heterocycles. The van der Waals surface area contributed by atoms with Crippen molar-refractivity contribution in [2.75, 3.05) is 6.54 Å². The molecule has 2 N–H and O–H groups in total. The molecule has 0 radical (unpaired) electrons. The maximum Gasteiger partial charge on any atom is 0.223 e. The lowest BCUT2D eigenvalue weighted by molar-refractivity contribution is -0.131. The van der Waals surface area contributed by atoms with Crippen LogP contribution in [-0.4, -0.2) is 23.3 Å². The highest BCUT2D eigenvalue weighted by molar-refractivity contribution is 5.85. The van der Waals surface area contributed by atoms with Gasteiger partial charge in [-0.1, -0.05) is 37.3 Å². The Labute approximate surface area is 125 Å². The van der Waals surface area contributed by atoms with E-state index in [0.717, 1.165) is 5.56 Å². The first-order valence-electron chi connectivity index (χ1n) is 7.47. The van der Waals surface area contributed by atoms with Gasteiger partial charge >= 0.3 is 0 Å². The maximum atomic E-state index is 12.3. The molecule has 3 atom stereocenters. The molecule has 1 fully saturated rings. The number of hydrogen-bond acceptors (Lipinski definition) is 3. The number of amides is 1. The Kier molecular flexibility index (Phi) is 4.78. The van der Waals surface area contributed by atoms with E-state index in [4.69, 9.17) is 0 Å². The van der Waals surface area contributed by atoms with Crippen molar-refractivity contribution in [1.29, 1.82) is 0 Å². The molecule has 21 heavy (non-hydrogen) atoms. The molecule has 4 heteroatoms. The number of benzene rings is 1. The van der Waals surface area contributed by atoms with E-state index in [2.05, 4.69) is 5.32 Å². The molecule has 1 aromatic carbocycles. The van der Waals surface area contributed by atoms with Crippen LogP contribution in [0.15, 0.2) is 30.3 Å². The summed E-state index contributed by atoms with van der Waals surface area (Å²) in [7, 11) is 0. The minimum atomic E-state index is -1.09. The fraction of sp³-hybridized carbons (Fsp3) is 0.529. The van der Waals surface area contributed by atoms with Crippen LogP contribution < -0.4 is 5.32 Å². The molecule has 1 aliphatic rings. The van der Waals surface area contributed by atoms with E-state index < -0.39 is 5.60 Å². The monoisotopic (exact) mass is 289 g/mol. The van der Waals surface area contributed by atoms with Crippen molar-refractivity contribution in [3.8, 4) is 0 Å². The maximum absolute atomic E-state index is 12.3. The van der Waals surface area contributed by atoms with Crippen molar-refractivity contribution < 1.29 is 14.7 Å². The Hall–Kier alpha value is -1.68. The van der Waals surface area contributed by atoms with Gasteiger partial charge in [0.25, 0.3) is 0 Å². The molecule has 3 unspecified atom stereocenters. The number of ketones is 1. The molecule has 1 aliphatic carbocycles. The van der Waals surface area contributed by atoms with Crippen molar-refractivity contribution in [2.24, 2.45) is 11.8 Å². The molecule has 0 heterocycles. The van der Waals surface area contributed by atoms with Crippen molar-refractivity contribution in [2.45, 2.75) is 38.7 Å². The van der Waals surface area contributed by atoms with E-state index in [1.54, 1.807) is 6.92 Å². The normalized spacial score (nSPS) is 25.2. The second-order valence-electron chi connectivity index (χ2n) is 6.22. The van der Waals surface area contributed by atoms with Crippen LogP contribution in [0.3, 0.4) is 0 Å². The van der Waals surface area contributed by atoms with Gasteiger partial charge in [-0.2, -0.15) is 0 Å². The number of carbonyl (C=O) groups is 2. The van der Waals surface area contributed by atoms with E-state index in [-0.39, 0.29) is 30.1 Å². The van der Waals surface area contributed by atoms with Gasteiger partial charge < -0.3 is 10.4 Å². The van der Waals surface area contributed by atoms with Crippen molar-refractivity contribution in [1.82, 2.24) is 5.32 Å². The summed E-state index contributed by atoms with van der Waals surface area (Å²) in [6.07, 6.45) is 1.57. The highest BCUT2D eigenvalue weighted by atomic mass is 16.3. The molecule has 2 rings (SSSR count). The van der Waals surface area contributed by atoms with Crippen LogP contribution in [0.2, 0.25) is 0 Å². The van der Waals surface area contributed by atoms with E-state index in [1.807, 2.05) is 37.3 Å². The molecule has 1 aromatic rings. The summed E-state index contributed by atoms with van der Waals surface area (Å²) in [5.74, 6) is 0.122. The predicted molar refractivity (Wildman–Crippen MR) is 80.5 cm³/mol. The van der Waals surface area contributed by atoms with Crippen LogP contribution in [-0.2, 0) is 15.2 Å². The smallest absolute Gasteiger partial charge is 0.223 e. The molecule has 114 valence electrons. The topological polar surface area (TPSA) is 66.4 Å². The zero-order valence-electron chi connectivity index (χ0n) is 12.6. The van der Waals surface area contributed by atoms with Gasteiger partial charge in [-0.25, -0.2) is 0 Å². The number of rotatable bonds is 4. The van der Waals surface area contributed by atoms with E-state index in [0.29, 0.717) is 19.3 Å². The van der Waals surface area contributed by atoms with Crippen molar-refractivity contribution in [3.63, 3.8) is 0 Å². The fourth-order valence-electron chi connectivity index (χ4n) is 2.88. The Morgan fingerprint density at radius 3 is 2.67 bits per heavy atom. The van der Waals surface area contributed by atoms with Gasteiger partial charge in [-0.05, 0) is 24.8 Å². The van der Waals surface area contributed by atoms with Gasteiger partial charge in [-0.15, -0.1) is 0 Å². The van der Waals surface area contributed by atoms with E-state index in [9.17, 15) is 14.7 Å². The fourth-order valence-corrected chi connectivity index (χ4v) is 2.88. The molecule has 0 spiro atoms. The number of nitrogens with one attached hydrogen (secondary N) is 1. The lowest BCUT2D eigenvalue weighted by Gasteiger charge is -2.29. The second-order valence-corrected chi connectivity index (χ2v) is 6.22. The van der Waals surface area contributed by atoms with Crippen molar-refractivity contribution in [3.05, 3.63) is 35.9 Å². The van der Waals surface area contributed by atoms with Gasteiger partial charge in [0.15, 0.2) is 0 Å². The van der Waals surface area contributed by atoms with Gasteiger partial charge in [0.1, 0.15) is 11.4 Å². The lowest BCUT2D eigenvalue weighted by Crippen LogP contribution is -2.43. The molecular weight excluding hydrogens is 266 g/mol. The summed E-state index contributed by atoms with van der Waals surface area (Å²) < 4.78 is 0. The summed E-state index contributed by atoms with van der Waals surface area (Å²) in [4.78, 5) is 23.6. The van der Waals surface area contributed by atoms with E-state index >= 15 is 0 Å². The molecule has 1 amide bonds. The van der Waals surface area contributed by atoms with Crippen molar-refractivity contribution >= 4 is 11.7 Å². The number of Topliss-reactive ketones (excluding diaryl/α,β-unsaturated/α-hetero) is 1. The third-order valence-corrected chi connectivity index (χ3v) is 4.31. The molecule has 0 saturated heterocycles. The number of carbonyl (C=O) groups excluding carboxylic acids is 2. The first-order valence-corrected chi connectivity index (χ1v) is 7.47. The Bertz CT molecular complexity index is 510. The SMILES string of the molecule is CC1CC(=O)CCC1C(=O)NCC(C)(O)c1ccccc1. The van der Waals surface area contributed by atoms with E-state index in [1.165, 1.54) is 0 Å². The largest absolute Gasteiger partial charge is 0.384 e. The Balaban J connectivity index is 1.93. The molecule has 0 aromatic heterocycles. The first kappa shape index (κ1) is 15.7. The Morgan fingerprint density at radius 1 is 1.38 bits per heavy atom. The predicted octanol–water partition coefficient (Wildman–Crippen LogP) is 2.02. The average molecular weight is 289 g/mol. The second kappa shape index (κ2) is 6.39. The third-order valence-electron chi connectivity index (χ3n) is 4.31.